The van der Waals surface area contributed by atoms with Gasteiger partial charge in [0, 0.05) is 12.7 Å². The Morgan fingerprint density at radius 2 is 2.00 bits per heavy atom. The number of aryl methyl sites for hydroxylation is 2. The van der Waals surface area contributed by atoms with Crippen LogP contribution >= 0.6 is 24.0 Å². The molecule has 130 valence electrons. The molecule has 0 aliphatic heterocycles. The molecule has 2 aromatic rings. The highest BCUT2D eigenvalue weighted by atomic mass is 127. The first kappa shape index (κ1) is 20.3. The monoisotopic (exact) mass is 442 g/mol. The molecule has 24 heavy (non-hydrogen) atoms. The number of guanidine groups is 1. The third-order valence-electron chi connectivity index (χ3n) is 3.66. The van der Waals surface area contributed by atoms with Crippen molar-refractivity contribution in [3.8, 4) is 0 Å². The first-order valence-electron chi connectivity index (χ1n) is 7.65. The zero-order valence-electron chi connectivity index (χ0n) is 14.4. The van der Waals surface area contributed by atoms with Crippen molar-refractivity contribution in [1.82, 2.24) is 15.6 Å². The molecule has 0 radical (unpaired) electrons. The van der Waals surface area contributed by atoms with Gasteiger partial charge in [-0.25, -0.2) is 4.39 Å². The third kappa shape index (κ3) is 5.74. The van der Waals surface area contributed by atoms with Crippen LogP contribution in [-0.2, 0) is 6.54 Å². The molecule has 0 bridgehead atoms. The van der Waals surface area contributed by atoms with E-state index in [0.717, 1.165) is 17.0 Å². The Morgan fingerprint density at radius 1 is 1.25 bits per heavy atom. The average Bonchev–Trinajstić information content (AvgIpc) is 2.53. The van der Waals surface area contributed by atoms with E-state index in [0.29, 0.717) is 18.1 Å². The Balaban J connectivity index is 0.00000288. The van der Waals surface area contributed by atoms with E-state index in [1.165, 1.54) is 0 Å². The number of rotatable bonds is 4. The Bertz CT molecular complexity index is 703. The van der Waals surface area contributed by atoms with Gasteiger partial charge in [-0.3, -0.25) is 9.98 Å². The Hall–Kier alpha value is -1.70. The van der Waals surface area contributed by atoms with Gasteiger partial charge in [0.2, 0.25) is 0 Å². The number of aromatic nitrogens is 1. The van der Waals surface area contributed by atoms with Crippen LogP contribution in [0, 0.1) is 19.7 Å². The van der Waals surface area contributed by atoms with Crippen molar-refractivity contribution in [3.05, 3.63) is 64.7 Å². The van der Waals surface area contributed by atoms with Gasteiger partial charge in [-0.05, 0) is 50.1 Å². The Labute approximate surface area is 160 Å². The summed E-state index contributed by atoms with van der Waals surface area (Å²) in [5.41, 5.74) is 3.46. The van der Waals surface area contributed by atoms with Gasteiger partial charge >= 0.3 is 0 Å². The molecular formula is C18H24FIN4. The van der Waals surface area contributed by atoms with E-state index in [1.807, 2.05) is 38.1 Å². The molecule has 1 aromatic heterocycles. The number of hydrogen-bond donors (Lipinski definition) is 2. The van der Waals surface area contributed by atoms with Crippen molar-refractivity contribution in [2.45, 2.75) is 33.4 Å². The minimum Gasteiger partial charge on any atom is -0.351 e. The van der Waals surface area contributed by atoms with Crippen LogP contribution in [0.1, 0.15) is 35.5 Å². The van der Waals surface area contributed by atoms with Crippen LogP contribution in [0.2, 0.25) is 0 Å². The molecule has 1 heterocycles. The summed E-state index contributed by atoms with van der Waals surface area (Å²) in [6, 6.07) is 11.1. The van der Waals surface area contributed by atoms with E-state index in [9.17, 15) is 4.39 Å². The molecule has 0 fully saturated rings. The van der Waals surface area contributed by atoms with Crippen LogP contribution in [0.3, 0.4) is 0 Å². The first-order valence-corrected chi connectivity index (χ1v) is 7.65. The van der Waals surface area contributed by atoms with Gasteiger partial charge in [-0.1, -0.05) is 18.2 Å². The van der Waals surface area contributed by atoms with E-state index < -0.39 is 0 Å². The predicted octanol–water partition coefficient (Wildman–Crippen LogP) is 3.88. The van der Waals surface area contributed by atoms with Crippen molar-refractivity contribution >= 4 is 29.9 Å². The number of halogens is 2. The topological polar surface area (TPSA) is 49.3 Å². The van der Waals surface area contributed by atoms with Gasteiger partial charge in [0.25, 0.3) is 0 Å². The van der Waals surface area contributed by atoms with E-state index in [1.54, 1.807) is 26.1 Å². The molecule has 2 rings (SSSR count). The fourth-order valence-electron chi connectivity index (χ4n) is 2.23. The number of nitrogens with one attached hydrogen (secondary N) is 2. The normalized spacial score (nSPS) is 12.3. The van der Waals surface area contributed by atoms with Crippen molar-refractivity contribution in [2.75, 3.05) is 7.05 Å². The smallest absolute Gasteiger partial charge is 0.191 e. The molecule has 0 saturated carbocycles. The molecule has 1 atom stereocenters. The lowest BCUT2D eigenvalue weighted by atomic mass is 10.1. The molecule has 0 amide bonds. The summed E-state index contributed by atoms with van der Waals surface area (Å²) < 4.78 is 13.7. The maximum Gasteiger partial charge on any atom is 0.191 e. The summed E-state index contributed by atoms with van der Waals surface area (Å²) in [4.78, 5) is 8.65. The standard InChI is InChI=1S/C18H23FN4.HI/c1-12-8-9-15(10-17(12)19)14(3)23-18(20-4)21-11-16-7-5-6-13(2)22-16;/h5-10,14H,11H2,1-4H3,(H2,20,21,23);1H. The van der Waals surface area contributed by atoms with Crippen LogP contribution in [0.25, 0.3) is 0 Å². The van der Waals surface area contributed by atoms with Gasteiger partial charge in [0.1, 0.15) is 5.82 Å². The van der Waals surface area contributed by atoms with Crippen molar-refractivity contribution in [3.63, 3.8) is 0 Å². The summed E-state index contributed by atoms with van der Waals surface area (Å²) in [6.45, 7) is 6.27. The molecule has 0 aliphatic rings. The molecule has 0 spiro atoms. The molecule has 1 aromatic carbocycles. The number of nitrogens with zero attached hydrogens (tertiary/aromatic N) is 2. The molecule has 0 aliphatic carbocycles. The largest absolute Gasteiger partial charge is 0.351 e. The van der Waals surface area contributed by atoms with E-state index in [2.05, 4.69) is 20.6 Å². The quantitative estimate of drug-likeness (QED) is 0.429. The van der Waals surface area contributed by atoms with Crippen molar-refractivity contribution < 1.29 is 4.39 Å². The fourth-order valence-corrected chi connectivity index (χ4v) is 2.23. The van der Waals surface area contributed by atoms with Gasteiger partial charge < -0.3 is 10.6 Å². The van der Waals surface area contributed by atoms with Gasteiger partial charge in [0.05, 0.1) is 18.3 Å². The van der Waals surface area contributed by atoms with E-state index in [-0.39, 0.29) is 35.8 Å². The SMILES string of the molecule is CN=C(NCc1cccc(C)n1)NC(C)c1ccc(C)c(F)c1.I. The number of hydrogen-bond acceptors (Lipinski definition) is 2. The number of benzene rings is 1. The highest BCUT2D eigenvalue weighted by Gasteiger charge is 2.10. The van der Waals surface area contributed by atoms with Crippen LogP contribution < -0.4 is 10.6 Å². The second-order valence-corrected chi connectivity index (χ2v) is 5.57. The lowest BCUT2D eigenvalue weighted by Gasteiger charge is -2.18. The van der Waals surface area contributed by atoms with Gasteiger partial charge in [-0.2, -0.15) is 0 Å². The van der Waals surface area contributed by atoms with E-state index >= 15 is 0 Å². The van der Waals surface area contributed by atoms with Crippen LogP contribution in [0.4, 0.5) is 4.39 Å². The zero-order valence-corrected chi connectivity index (χ0v) is 16.8. The van der Waals surface area contributed by atoms with Crippen LogP contribution in [0.15, 0.2) is 41.4 Å². The lowest BCUT2D eigenvalue weighted by Crippen LogP contribution is -2.38. The summed E-state index contributed by atoms with van der Waals surface area (Å²) in [6.07, 6.45) is 0. The number of pyridine rings is 1. The first-order chi connectivity index (χ1) is 11.0. The van der Waals surface area contributed by atoms with Crippen molar-refractivity contribution in [2.24, 2.45) is 4.99 Å². The molecule has 2 N–H and O–H groups in total. The molecule has 6 heteroatoms. The second kappa shape index (κ2) is 9.56. The molecule has 0 saturated heterocycles. The van der Waals surface area contributed by atoms with Gasteiger partial charge in [-0.15, -0.1) is 24.0 Å². The summed E-state index contributed by atoms with van der Waals surface area (Å²) in [5.74, 6) is 0.463. The molecular weight excluding hydrogens is 418 g/mol. The molecule has 1 unspecified atom stereocenters. The predicted molar refractivity (Wildman–Crippen MR) is 107 cm³/mol. The Morgan fingerprint density at radius 3 is 2.62 bits per heavy atom. The molecule has 4 nitrogen and oxygen atoms in total. The summed E-state index contributed by atoms with van der Waals surface area (Å²) in [7, 11) is 1.71. The third-order valence-corrected chi connectivity index (χ3v) is 3.66. The van der Waals surface area contributed by atoms with Crippen molar-refractivity contribution in [1.29, 1.82) is 0 Å². The highest BCUT2D eigenvalue weighted by molar-refractivity contribution is 14.0. The fraction of sp³-hybridized carbons (Fsp3) is 0.333. The maximum atomic E-state index is 13.7. The Kier molecular flexibility index (Phi) is 8.10. The minimum atomic E-state index is -0.192. The number of aliphatic imine (C=N–C) groups is 1. The van der Waals surface area contributed by atoms with Crippen LogP contribution in [-0.4, -0.2) is 18.0 Å². The average molecular weight is 442 g/mol. The zero-order chi connectivity index (χ0) is 16.8. The summed E-state index contributed by atoms with van der Waals surface area (Å²) >= 11 is 0. The highest BCUT2D eigenvalue weighted by Crippen LogP contribution is 2.16. The van der Waals surface area contributed by atoms with Gasteiger partial charge in [0.15, 0.2) is 5.96 Å². The maximum absolute atomic E-state index is 13.7. The lowest BCUT2D eigenvalue weighted by molar-refractivity contribution is 0.607. The van der Waals surface area contributed by atoms with E-state index in [4.69, 9.17) is 0 Å². The van der Waals surface area contributed by atoms with Crippen LogP contribution in [0.5, 0.6) is 0 Å². The minimum absolute atomic E-state index is 0. The second-order valence-electron chi connectivity index (χ2n) is 5.57. The summed E-state index contributed by atoms with van der Waals surface area (Å²) in [5, 5.41) is 6.48.